The smallest absolute Gasteiger partial charge is 0.267 e. The maximum Gasteiger partial charge on any atom is 0.267 e. The summed E-state index contributed by atoms with van der Waals surface area (Å²) < 4.78 is 7.17. The number of hydrogen-bond acceptors (Lipinski definition) is 6. The molecule has 0 bridgehead atoms. The summed E-state index contributed by atoms with van der Waals surface area (Å²) in [6.45, 7) is 1.21. The second kappa shape index (κ2) is 12.2. The minimum atomic E-state index is -0.322. The van der Waals surface area contributed by atoms with Crippen molar-refractivity contribution in [2.75, 3.05) is 31.6 Å². The van der Waals surface area contributed by atoms with Gasteiger partial charge in [-0.15, -0.1) is 0 Å². The Morgan fingerprint density at radius 1 is 1.14 bits per heavy atom. The Morgan fingerprint density at radius 2 is 1.97 bits per heavy atom. The van der Waals surface area contributed by atoms with Gasteiger partial charge in [-0.1, -0.05) is 51.0 Å². The highest BCUT2D eigenvalue weighted by atomic mass is 16.5. The van der Waals surface area contributed by atoms with E-state index < -0.39 is 0 Å². The fraction of sp³-hybridized carbons (Fsp3) is 0.615. The molecule has 9 nitrogen and oxygen atoms in total. The SMILES string of the molecule is O=C1Cn2c(nc3cccc(OCCCC(=O)N(CCO)CCCCC4CCCCC4)c3c2=O)N1. The van der Waals surface area contributed by atoms with Crippen LogP contribution in [0, 0.1) is 5.92 Å². The van der Waals surface area contributed by atoms with E-state index in [-0.39, 0.29) is 43.1 Å². The van der Waals surface area contributed by atoms with Gasteiger partial charge in [-0.2, -0.15) is 0 Å². The Bertz CT molecular complexity index is 1090. The van der Waals surface area contributed by atoms with Crippen LogP contribution in [-0.2, 0) is 16.1 Å². The largest absolute Gasteiger partial charge is 0.493 e. The molecule has 1 aromatic heterocycles. The molecule has 4 rings (SSSR count). The number of fused-ring (bicyclic) bond motifs is 2. The molecular formula is C26H36N4O5. The van der Waals surface area contributed by atoms with Crippen molar-refractivity contribution >= 4 is 28.7 Å². The van der Waals surface area contributed by atoms with E-state index in [9.17, 15) is 19.5 Å². The second-order valence-corrected chi connectivity index (χ2v) is 9.58. The molecule has 0 saturated heterocycles. The zero-order valence-electron chi connectivity index (χ0n) is 20.3. The molecule has 1 aliphatic heterocycles. The number of aromatic nitrogens is 2. The molecule has 9 heteroatoms. The van der Waals surface area contributed by atoms with Crippen molar-refractivity contribution in [1.29, 1.82) is 0 Å². The highest BCUT2D eigenvalue weighted by Crippen LogP contribution is 2.28. The normalized spacial score (nSPS) is 15.7. The highest BCUT2D eigenvalue weighted by molar-refractivity contribution is 5.95. The Balaban J connectivity index is 1.25. The molecule has 1 saturated carbocycles. The van der Waals surface area contributed by atoms with Crippen molar-refractivity contribution in [3.63, 3.8) is 0 Å². The number of aliphatic hydroxyl groups excluding tert-OH is 1. The number of nitrogens with zero attached hydrogens (tertiary/aromatic N) is 3. The lowest BCUT2D eigenvalue weighted by atomic mass is 9.86. The van der Waals surface area contributed by atoms with Crippen LogP contribution in [0.5, 0.6) is 5.75 Å². The lowest BCUT2D eigenvalue weighted by molar-refractivity contribution is -0.132. The lowest BCUT2D eigenvalue weighted by Crippen LogP contribution is -2.34. The number of amides is 2. The van der Waals surface area contributed by atoms with Crippen LogP contribution < -0.4 is 15.6 Å². The molecule has 0 unspecified atom stereocenters. The quantitative estimate of drug-likeness (QED) is 0.448. The number of rotatable bonds is 12. The van der Waals surface area contributed by atoms with Crippen LogP contribution in [0.2, 0.25) is 0 Å². The van der Waals surface area contributed by atoms with Gasteiger partial charge in [-0.05, 0) is 30.9 Å². The van der Waals surface area contributed by atoms with E-state index in [1.165, 1.54) is 43.1 Å². The molecule has 1 aromatic carbocycles. The molecule has 2 aromatic rings. The molecule has 2 aliphatic rings. The number of aliphatic hydroxyl groups is 1. The molecule has 2 amide bonds. The number of carbonyl (C=O) groups excluding carboxylic acids is 2. The summed E-state index contributed by atoms with van der Waals surface area (Å²) in [4.78, 5) is 43.4. The summed E-state index contributed by atoms with van der Waals surface area (Å²) >= 11 is 0. The Labute approximate surface area is 205 Å². The fourth-order valence-corrected chi connectivity index (χ4v) is 5.16. The fourth-order valence-electron chi connectivity index (χ4n) is 5.16. The van der Waals surface area contributed by atoms with Gasteiger partial charge < -0.3 is 14.7 Å². The Morgan fingerprint density at radius 3 is 2.77 bits per heavy atom. The maximum atomic E-state index is 12.9. The first-order valence-corrected chi connectivity index (χ1v) is 12.9. The van der Waals surface area contributed by atoms with E-state index in [2.05, 4.69) is 10.3 Å². The van der Waals surface area contributed by atoms with Gasteiger partial charge in [0.15, 0.2) is 0 Å². The number of carbonyl (C=O) groups is 2. The van der Waals surface area contributed by atoms with Gasteiger partial charge >= 0.3 is 0 Å². The molecule has 0 atom stereocenters. The van der Waals surface area contributed by atoms with Gasteiger partial charge in [0.05, 0.1) is 18.7 Å². The van der Waals surface area contributed by atoms with Crippen LogP contribution >= 0.6 is 0 Å². The van der Waals surface area contributed by atoms with Gasteiger partial charge in [0.2, 0.25) is 17.8 Å². The van der Waals surface area contributed by atoms with E-state index in [1.54, 1.807) is 23.1 Å². The lowest BCUT2D eigenvalue weighted by Gasteiger charge is -2.24. The minimum absolute atomic E-state index is 0.0161. The first-order valence-electron chi connectivity index (χ1n) is 12.9. The Hall–Kier alpha value is -2.94. The van der Waals surface area contributed by atoms with Crippen molar-refractivity contribution < 1.29 is 19.4 Å². The summed E-state index contributed by atoms with van der Waals surface area (Å²) in [6.07, 6.45) is 10.9. The predicted molar refractivity (Wildman–Crippen MR) is 133 cm³/mol. The molecule has 0 spiro atoms. The second-order valence-electron chi connectivity index (χ2n) is 9.58. The van der Waals surface area contributed by atoms with Crippen LogP contribution in [-0.4, -0.2) is 57.7 Å². The third-order valence-corrected chi connectivity index (χ3v) is 7.03. The van der Waals surface area contributed by atoms with Crippen molar-refractivity contribution in [1.82, 2.24) is 14.5 Å². The van der Waals surface area contributed by atoms with Crippen molar-refractivity contribution in [3.05, 3.63) is 28.6 Å². The number of nitrogens with one attached hydrogen (secondary N) is 1. The van der Waals surface area contributed by atoms with Crippen LogP contribution in [0.3, 0.4) is 0 Å². The topological polar surface area (TPSA) is 114 Å². The zero-order chi connectivity index (χ0) is 24.6. The number of unbranched alkanes of at least 4 members (excludes halogenated alkanes) is 1. The molecule has 0 radical (unpaired) electrons. The van der Waals surface area contributed by atoms with Crippen molar-refractivity contribution in [2.45, 2.75) is 70.8 Å². The molecule has 190 valence electrons. The third-order valence-electron chi connectivity index (χ3n) is 7.03. The summed E-state index contributed by atoms with van der Waals surface area (Å²) in [6, 6.07) is 5.16. The van der Waals surface area contributed by atoms with Crippen LogP contribution in [0.1, 0.15) is 64.2 Å². The zero-order valence-corrected chi connectivity index (χ0v) is 20.3. The highest BCUT2D eigenvalue weighted by Gasteiger charge is 2.23. The monoisotopic (exact) mass is 484 g/mol. The van der Waals surface area contributed by atoms with E-state index in [1.807, 2.05) is 0 Å². The first-order chi connectivity index (χ1) is 17.1. The first kappa shape index (κ1) is 25.2. The molecule has 1 fully saturated rings. The standard InChI is InChI=1S/C26H36N4O5/c31-16-15-29(14-5-4-10-19-8-2-1-3-9-19)23(33)13-7-17-35-21-12-6-11-20-24(21)25(34)30-18-22(32)28-26(30)27-20/h6,11-12,19,31H,1-5,7-10,13-18H2,(H,27,28,32). The summed E-state index contributed by atoms with van der Waals surface area (Å²) in [5.41, 5.74) is 0.136. The van der Waals surface area contributed by atoms with Crippen molar-refractivity contribution in [3.8, 4) is 5.75 Å². The van der Waals surface area contributed by atoms with Crippen molar-refractivity contribution in [2.24, 2.45) is 5.92 Å². The maximum absolute atomic E-state index is 12.9. The average Bonchev–Trinajstić information content (AvgIpc) is 3.24. The van der Waals surface area contributed by atoms with E-state index in [4.69, 9.17) is 4.74 Å². The molecular weight excluding hydrogens is 448 g/mol. The average molecular weight is 485 g/mol. The number of benzene rings is 1. The van der Waals surface area contributed by atoms with E-state index in [0.29, 0.717) is 42.6 Å². The summed E-state index contributed by atoms with van der Waals surface area (Å²) in [7, 11) is 0. The minimum Gasteiger partial charge on any atom is -0.493 e. The molecule has 1 aliphatic carbocycles. The Kier molecular flexibility index (Phi) is 8.74. The number of ether oxygens (including phenoxy) is 1. The van der Waals surface area contributed by atoms with E-state index in [0.717, 1.165) is 18.8 Å². The predicted octanol–water partition coefficient (Wildman–Crippen LogP) is 3.08. The number of hydrogen-bond donors (Lipinski definition) is 2. The van der Waals surface area contributed by atoms with Gasteiger partial charge in [0.25, 0.3) is 5.56 Å². The molecule has 35 heavy (non-hydrogen) atoms. The summed E-state index contributed by atoms with van der Waals surface area (Å²) in [5.74, 6) is 1.24. The van der Waals surface area contributed by atoms with E-state index >= 15 is 0 Å². The van der Waals surface area contributed by atoms with Gasteiger partial charge in [-0.3, -0.25) is 24.3 Å². The number of anilines is 1. The third kappa shape index (κ3) is 6.39. The van der Waals surface area contributed by atoms with Crippen LogP contribution in [0.25, 0.3) is 10.9 Å². The summed E-state index contributed by atoms with van der Waals surface area (Å²) in [5, 5.41) is 12.3. The molecule has 2 N–H and O–H groups in total. The van der Waals surface area contributed by atoms with Crippen LogP contribution in [0.4, 0.5) is 5.95 Å². The van der Waals surface area contributed by atoms with Gasteiger partial charge in [-0.25, -0.2) is 4.98 Å². The molecule has 2 heterocycles. The van der Waals surface area contributed by atoms with Gasteiger partial charge in [0, 0.05) is 19.5 Å². The van der Waals surface area contributed by atoms with Crippen LogP contribution in [0.15, 0.2) is 23.0 Å². The van der Waals surface area contributed by atoms with Gasteiger partial charge in [0.1, 0.15) is 17.7 Å².